The van der Waals surface area contributed by atoms with Crippen LogP contribution in [-0.4, -0.2) is 14.9 Å². The summed E-state index contributed by atoms with van der Waals surface area (Å²) in [5.41, 5.74) is 0. The molecule has 0 N–H and O–H groups in total. The van der Waals surface area contributed by atoms with Crippen LogP contribution in [0.4, 0.5) is 0 Å². The highest BCUT2D eigenvalue weighted by Crippen LogP contribution is 2.18. The second-order valence-corrected chi connectivity index (χ2v) is 7.80. The summed E-state index contributed by atoms with van der Waals surface area (Å²) in [5, 5.41) is 0. The Bertz CT molecular complexity index is 95.6. The largest absolute Gasteiger partial charge is 0.417 e. The summed E-state index contributed by atoms with van der Waals surface area (Å²) < 4.78 is 5.91. The van der Waals surface area contributed by atoms with Crippen LogP contribution in [-0.2, 0) is 4.43 Å². The molecule has 11 heavy (non-hydrogen) atoms. The third-order valence-corrected chi connectivity index (χ3v) is 6.14. The van der Waals surface area contributed by atoms with Gasteiger partial charge in [0.25, 0.3) is 0 Å². The normalized spacial score (nSPS) is 16.4. The molecule has 0 aromatic heterocycles. The van der Waals surface area contributed by atoms with Crippen LogP contribution in [0.1, 0.15) is 33.6 Å². The Morgan fingerprint density at radius 3 is 2.09 bits per heavy atom. The van der Waals surface area contributed by atoms with Crippen molar-refractivity contribution in [1.82, 2.24) is 0 Å². The average molecular weight is 174 g/mol. The molecule has 0 heterocycles. The van der Waals surface area contributed by atoms with Crippen molar-refractivity contribution in [2.75, 3.05) is 6.61 Å². The second kappa shape index (κ2) is 5.78. The summed E-state index contributed by atoms with van der Waals surface area (Å²) in [6, 6.07) is 2.59. The van der Waals surface area contributed by atoms with Crippen molar-refractivity contribution < 1.29 is 4.43 Å². The van der Waals surface area contributed by atoms with Gasteiger partial charge in [0.2, 0.25) is 0 Å². The van der Waals surface area contributed by atoms with Crippen LogP contribution in [0.25, 0.3) is 0 Å². The van der Waals surface area contributed by atoms with Gasteiger partial charge in [-0.2, -0.15) is 0 Å². The minimum Gasteiger partial charge on any atom is -0.417 e. The molecule has 1 unspecified atom stereocenters. The van der Waals surface area contributed by atoms with Crippen molar-refractivity contribution in [3.63, 3.8) is 0 Å². The summed E-state index contributed by atoms with van der Waals surface area (Å²) in [7, 11) is -1.24. The van der Waals surface area contributed by atoms with Crippen LogP contribution in [0.3, 0.4) is 0 Å². The van der Waals surface area contributed by atoms with Gasteiger partial charge in [0.05, 0.1) is 0 Å². The highest BCUT2D eigenvalue weighted by Gasteiger charge is 2.24. The zero-order valence-corrected chi connectivity index (χ0v) is 9.44. The Morgan fingerprint density at radius 1 is 1.09 bits per heavy atom. The molecular weight excluding hydrogens is 152 g/mol. The van der Waals surface area contributed by atoms with Crippen LogP contribution < -0.4 is 0 Å². The summed E-state index contributed by atoms with van der Waals surface area (Å²) in [6.45, 7) is 10.0. The first-order chi connectivity index (χ1) is 5.18. The van der Waals surface area contributed by atoms with E-state index in [0.29, 0.717) is 0 Å². The van der Waals surface area contributed by atoms with E-state index in [4.69, 9.17) is 4.43 Å². The summed E-state index contributed by atoms with van der Waals surface area (Å²) >= 11 is 0. The maximum Gasteiger partial charge on any atom is 0.189 e. The van der Waals surface area contributed by atoms with Crippen LogP contribution in [0.2, 0.25) is 18.6 Å². The molecule has 0 saturated heterocycles. The molecule has 1 atom stereocenters. The fourth-order valence-electron chi connectivity index (χ4n) is 1.23. The molecule has 0 aromatic rings. The summed E-state index contributed by atoms with van der Waals surface area (Å²) in [6.07, 6.45) is 2.44. The van der Waals surface area contributed by atoms with Gasteiger partial charge in [-0.25, -0.2) is 0 Å². The van der Waals surface area contributed by atoms with E-state index in [1.807, 2.05) is 0 Å². The van der Waals surface area contributed by atoms with E-state index >= 15 is 0 Å². The van der Waals surface area contributed by atoms with Crippen molar-refractivity contribution in [2.24, 2.45) is 0 Å². The van der Waals surface area contributed by atoms with Gasteiger partial charge in [-0.1, -0.05) is 27.2 Å². The van der Waals surface area contributed by atoms with Crippen molar-refractivity contribution in [1.29, 1.82) is 0 Å². The van der Waals surface area contributed by atoms with Crippen LogP contribution in [0, 0.1) is 0 Å². The van der Waals surface area contributed by atoms with Crippen LogP contribution >= 0.6 is 0 Å². The Balaban J connectivity index is 3.68. The van der Waals surface area contributed by atoms with E-state index in [-0.39, 0.29) is 0 Å². The van der Waals surface area contributed by atoms with Gasteiger partial charge in [0.1, 0.15) is 0 Å². The molecule has 0 aromatic carbocycles. The van der Waals surface area contributed by atoms with Crippen molar-refractivity contribution in [2.45, 2.75) is 52.2 Å². The lowest BCUT2D eigenvalue weighted by Gasteiger charge is -2.25. The van der Waals surface area contributed by atoms with Crippen LogP contribution in [0.15, 0.2) is 0 Å². The molecule has 0 aliphatic rings. The first kappa shape index (κ1) is 11.2. The van der Waals surface area contributed by atoms with Crippen molar-refractivity contribution in [3.05, 3.63) is 0 Å². The molecule has 0 amide bonds. The minimum absolute atomic E-state index is 0.969. The zero-order valence-electron chi connectivity index (χ0n) is 8.44. The predicted molar refractivity (Wildman–Crippen MR) is 53.4 cm³/mol. The summed E-state index contributed by atoms with van der Waals surface area (Å²) in [5.74, 6) is 0. The maximum atomic E-state index is 5.91. The average Bonchev–Trinajstić information content (AvgIpc) is 2.02. The van der Waals surface area contributed by atoms with Gasteiger partial charge in [0, 0.05) is 6.61 Å². The third-order valence-electron chi connectivity index (χ3n) is 2.18. The van der Waals surface area contributed by atoms with Gasteiger partial charge >= 0.3 is 0 Å². The van der Waals surface area contributed by atoms with Crippen molar-refractivity contribution in [3.8, 4) is 0 Å². The molecule has 0 spiro atoms. The molecule has 68 valence electrons. The topological polar surface area (TPSA) is 9.23 Å². The Kier molecular flexibility index (Phi) is 5.87. The van der Waals surface area contributed by atoms with E-state index in [0.717, 1.165) is 13.0 Å². The van der Waals surface area contributed by atoms with Gasteiger partial charge in [-0.3, -0.25) is 0 Å². The first-order valence-electron chi connectivity index (χ1n) is 4.82. The predicted octanol–water partition coefficient (Wildman–Crippen LogP) is 3.42. The minimum atomic E-state index is -1.24. The fourth-order valence-corrected chi connectivity index (χ4v) is 3.68. The van der Waals surface area contributed by atoms with Crippen LogP contribution in [0.5, 0.6) is 0 Å². The highest BCUT2D eigenvalue weighted by molar-refractivity contribution is 6.72. The quantitative estimate of drug-likeness (QED) is 0.561. The number of rotatable bonds is 6. The zero-order chi connectivity index (χ0) is 8.74. The van der Waals surface area contributed by atoms with Gasteiger partial charge in [0.15, 0.2) is 8.32 Å². The Morgan fingerprint density at radius 2 is 1.73 bits per heavy atom. The molecule has 2 heteroatoms. The molecule has 0 rings (SSSR count). The van der Waals surface area contributed by atoms with E-state index in [2.05, 4.69) is 27.3 Å². The lowest BCUT2D eigenvalue weighted by atomic mass is 10.5. The van der Waals surface area contributed by atoms with Gasteiger partial charge < -0.3 is 4.43 Å². The fraction of sp³-hybridized carbons (Fsp3) is 1.00. The Labute approximate surface area is 72.3 Å². The highest BCUT2D eigenvalue weighted by atomic mass is 28.4. The van der Waals surface area contributed by atoms with Crippen molar-refractivity contribution >= 4 is 8.32 Å². The van der Waals surface area contributed by atoms with Gasteiger partial charge in [-0.15, -0.1) is 0 Å². The second-order valence-electron chi connectivity index (χ2n) is 3.40. The molecule has 0 radical (unpaired) electrons. The smallest absolute Gasteiger partial charge is 0.189 e. The van der Waals surface area contributed by atoms with Gasteiger partial charge in [-0.05, 0) is 25.1 Å². The molecule has 0 aliphatic heterocycles. The molecule has 0 bridgehead atoms. The molecule has 1 nitrogen and oxygen atoms in total. The lowest BCUT2D eigenvalue weighted by Crippen LogP contribution is -2.33. The van der Waals surface area contributed by atoms with E-state index in [1.54, 1.807) is 0 Å². The Hall–Kier alpha value is 0.177. The molecular formula is C9H22OSi. The summed E-state index contributed by atoms with van der Waals surface area (Å²) in [4.78, 5) is 0. The number of hydrogen-bond acceptors (Lipinski definition) is 1. The first-order valence-corrected chi connectivity index (χ1v) is 7.64. The molecule has 0 fully saturated rings. The lowest BCUT2D eigenvalue weighted by molar-refractivity contribution is 0.302. The monoisotopic (exact) mass is 174 g/mol. The number of hydrogen-bond donors (Lipinski definition) is 0. The van der Waals surface area contributed by atoms with E-state index in [1.165, 1.54) is 18.5 Å². The standard InChI is InChI=1S/C9H22OSi/c1-5-8-10-11(4,7-3)9-6-2/h5-9H2,1-4H3. The van der Waals surface area contributed by atoms with E-state index < -0.39 is 8.32 Å². The SMILES string of the molecule is CCCO[Si](C)(CC)CCC. The third kappa shape index (κ3) is 4.59. The molecule has 0 aliphatic carbocycles. The van der Waals surface area contributed by atoms with E-state index in [9.17, 15) is 0 Å². The maximum absolute atomic E-state index is 5.91. The molecule has 0 saturated carbocycles.